The number of hydrogen-bond acceptors (Lipinski definition) is 2. The van der Waals surface area contributed by atoms with Crippen LogP contribution in [0.2, 0.25) is 0 Å². The topological polar surface area (TPSA) is 67.2 Å². The van der Waals surface area contributed by atoms with Crippen LogP contribution in [0.1, 0.15) is 30.1 Å². The van der Waals surface area contributed by atoms with Gasteiger partial charge in [0.25, 0.3) is 0 Å². The molecule has 0 radical (unpaired) electrons. The number of nitrogens with zero attached hydrogens (tertiary/aromatic N) is 2. The van der Waals surface area contributed by atoms with Crippen LogP contribution in [-0.2, 0) is 0 Å². The molecule has 4 nitrogen and oxygen atoms in total. The van der Waals surface area contributed by atoms with Crippen LogP contribution in [0.3, 0.4) is 0 Å². The van der Waals surface area contributed by atoms with Crippen LogP contribution < -0.4 is 5.73 Å². The summed E-state index contributed by atoms with van der Waals surface area (Å²) in [5.41, 5.74) is 7.29. The minimum atomic E-state index is 0.104. The maximum absolute atomic E-state index is 7.40. The van der Waals surface area contributed by atoms with E-state index in [0.717, 1.165) is 16.9 Å². The number of nitrogens with two attached hydrogens (primary N) is 1. The van der Waals surface area contributed by atoms with Crippen molar-refractivity contribution in [2.75, 3.05) is 0 Å². The summed E-state index contributed by atoms with van der Waals surface area (Å²) in [4.78, 5) is 4.41. The number of amidine groups is 1. The van der Waals surface area contributed by atoms with E-state index in [0.29, 0.717) is 5.92 Å². The van der Waals surface area contributed by atoms with Gasteiger partial charge in [-0.1, -0.05) is 0 Å². The van der Waals surface area contributed by atoms with Crippen molar-refractivity contribution in [1.29, 1.82) is 5.41 Å². The lowest BCUT2D eigenvalue weighted by atomic mass is 10.2. The molecule has 1 fully saturated rings. The zero-order chi connectivity index (χ0) is 10.4. The summed E-state index contributed by atoms with van der Waals surface area (Å²) in [6.07, 6.45) is 6.22. The van der Waals surface area contributed by atoms with Crippen molar-refractivity contribution in [3.05, 3.63) is 35.9 Å². The monoisotopic (exact) mass is 200 g/mol. The van der Waals surface area contributed by atoms with Gasteiger partial charge in [0.05, 0.1) is 11.7 Å². The molecule has 3 N–H and O–H groups in total. The zero-order valence-electron chi connectivity index (χ0n) is 8.27. The fourth-order valence-corrected chi connectivity index (χ4v) is 1.81. The molecule has 0 aliphatic heterocycles. The van der Waals surface area contributed by atoms with E-state index in [4.69, 9.17) is 11.1 Å². The predicted molar refractivity (Wildman–Crippen MR) is 58.2 cm³/mol. The Hall–Kier alpha value is -1.84. The molecule has 3 rings (SSSR count). The summed E-state index contributed by atoms with van der Waals surface area (Å²) in [7, 11) is 0. The Kier molecular flexibility index (Phi) is 1.59. The van der Waals surface area contributed by atoms with Crippen molar-refractivity contribution >= 4 is 11.4 Å². The smallest absolute Gasteiger partial charge is 0.124 e. The summed E-state index contributed by atoms with van der Waals surface area (Å²) in [5, 5.41) is 7.40. The van der Waals surface area contributed by atoms with Gasteiger partial charge in [-0.2, -0.15) is 0 Å². The van der Waals surface area contributed by atoms with Gasteiger partial charge in [0, 0.05) is 17.7 Å². The number of pyridine rings is 1. The molecule has 0 amide bonds. The van der Waals surface area contributed by atoms with Crippen LogP contribution in [-0.4, -0.2) is 15.2 Å². The number of imidazole rings is 1. The van der Waals surface area contributed by atoms with E-state index in [9.17, 15) is 0 Å². The maximum atomic E-state index is 7.40. The number of rotatable bonds is 2. The van der Waals surface area contributed by atoms with Crippen LogP contribution in [0.4, 0.5) is 0 Å². The summed E-state index contributed by atoms with van der Waals surface area (Å²) >= 11 is 0. The first-order chi connectivity index (χ1) is 7.25. The maximum Gasteiger partial charge on any atom is 0.124 e. The quantitative estimate of drug-likeness (QED) is 0.569. The third-order valence-electron chi connectivity index (χ3n) is 2.81. The Labute approximate surface area is 87.2 Å². The molecule has 2 aromatic heterocycles. The molecule has 0 atom stereocenters. The highest BCUT2D eigenvalue weighted by Gasteiger charge is 2.27. The van der Waals surface area contributed by atoms with Gasteiger partial charge in [-0.3, -0.25) is 5.41 Å². The van der Waals surface area contributed by atoms with Crippen LogP contribution in [0, 0.1) is 5.41 Å². The Morgan fingerprint density at radius 1 is 1.47 bits per heavy atom. The molecule has 0 unspecified atom stereocenters. The summed E-state index contributed by atoms with van der Waals surface area (Å²) < 4.78 is 2.05. The van der Waals surface area contributed by atoms with Gasteiger partial charge < -0.3 is 10.1 Å². The second-order valence-corrected chi connectivity index (χ2v) is 4.02. The van der Waals surface area contributed by atoms with E-state index in [1.54, 1.807) is 0 Å². The summed E-state index contributed by atoms with van der Waals surface area (Å²) in [6, 6.07) is 3.81. The van der Waals surface area contributed by atoms with Gasteiger partial charge in [-0.15, -0.1) is 0 Å². The Morgan fingerprint density at radius 2 is 2.27 bits per heavy atom. The molecule has 1 aliphatic carbocycles. The molecule has 2 heterocycles. The highest BCUT2D eigenvalue weighted by molar-refractivity contribution is 5.94. The molecule has 0 spiro atoms. The summed E-state index contributed by atoms with van der Waals surface area (Å²) in [6.45, 7) is 0. The normalized spacial score (nSPS) is 15.7. The SMILES string of the molecule is N=C(N)c1ccc2cnc(C3CC3)n2c1. The molecular weight excluding hydrogens is 188 g/mol. The third kappa shape index (κ3) is 1.29. The largest absolute Gasteiger partial charge is 0.384 e. The molecule has 15 heavy (non-hydrogen) atoms. The Balaban J connectivity index is 2.21. The molecule has 0 aromatic carbocycles. The predicted octanol–water partition coefficient (Wildman–Crippen LogP) is 1.50. The average molecular weight is 200 g/mol. The average Bonchev–Trinajstić information content (AvgIpc) is 2.98. The first-order valence-electron chi connectivity index (χ1n) is 5.07. The number of aromatic nitrogens is 2. The van der Waals surface area contributed by atoms with Gasteiger partial charge in [0.2, 0.25) is 0 Å². The molecule has 1 aliphatic rings. The van der Waals surface area contributed by atoms with Crippen LogP contribution in [0.15, 0.2) is 24.5 Å². The lowest BCUT2D eigenvalue weighted by Gasteiger charge is -2.02. The lowest BCUT2D eigenvalue weighted by Crippen LogP contribution is -2.11. The molecule has 0 saturated heterocycles. The Morgan fingerprint density at radius 3 is 2.93 bits per heavy atom. The number of nitrogen functional groups attached to an aromatic ring is 1. The van der Waals surface area contributed by atoms with Crippen LogP contribution >= 0.6 is 0 Å². The van der Waals surface area contributed by atoms with E-state index >= 15 is 0 Å². The second-order valence-electron chi connectivity index (χ2n) is 4.02. The number of fused-ring (bicyclic) bond motifs is 1. The van der Waals surface area contributed by atoms with Gasteiger partial charge in [-0.25, -0.2) is 4.98 Å². The molecule has 2 aromatic rings. The fraction of sp³-hybridized carbons (Fsp3) is 0.273. The minimum absolute atomic E-state index is 0.104. The lowest BCUT2D eigenvalue weighted by molar-refractivity contribution is 0.919. The van der Waals surface area contributed by atoms with Crippen LogP contribution in [0.5, 0.6) is 0 Å². The zero-order valence-corrected chi connectivity index (χ0v) is 8.27. The van der Waals surface area contributed by atoms with Crippen LogP contribution in [0.25, 0.3) is 5.52 Å². The van der Waals surface area contributed by atoms with E-state index in [-0.39, 0.29) is 5.84 Å². The number of nitrogens with one attached hydrogen (secondary N) is 1. The van der Waals surface area contributed by atoms with Gasteiger partial charge >= 0.3 is 0 Å². The van der Waals surface area contributed by atoms with Gasteiger partial charge in [0.15, 0.2) is 0 Å². The first kappa shape index (κ1) is 8.47. The van der Waals surface area contributed by atoms with Crippen molar-refractivity contribution in [1.82, 2.24) is 9.38 Å². The molecule has 0 bridgehead atoms. The standard InChI is InChI=1S/C11H12N4/c12-10(13)8-3-4-9-5-14-11(7-1-2-7)15(9)6-8/h3-7H,1-2H2,(H3,12,13). The Bertz CT molecular complexity index is 537. The van der Waals surface area contributed by atoms with Crippen molar-refractivity contribution in [3.63, 3.8) is 0 Å². The molecule has 1 saturated carbocycles. The van der Waals surface area contributed by atoms with Crippen molar-refractivity contribution in [2.24, 2.45) is 5.73 Å². The molecule has 4 heteroatoms. The first-order valence-corrected chi connectivity index (χ1v) is 5.07. The van der Waals surface area contributed by atoms with E-state index < -0.39 is 0 Å². The van der Waals surface area contributed by atoms with Gasteiger partial charge in [-0.05, 0) is 25.0 Å². The second kappa shape index (κ2) is 2.82. The van der Waals surface area contributed by atoms with Crippen molar-refractivity contribution in [2.45, 2.75) is 18.8 Å². The van der Waals surface area contributed by atoms with E-state index in [1.807, 2.05) is 24.5 Å². The van der Waals surface area contributed by atoms with E-state index in [2.05, 4.69) is 9.38 Å². The van der Waals surface area contributed by atoms with Gasteiger partial charge in [0.1, 0.15) is 11.7 Å². The minimum Gasteiger partial charge on any atom is -0.384 e. The van der Waals surface area contributed by atoms with Crippen molar-refractivity contribution in [3.8, 4) is 0 Å². The highest BCUT2D eigenvalue weighted by atomic mass is 15.0. The third-order valence-corrected chi connectivity index (χ3v) is 2.81. The molecule has 76 valence electrons. The highest BCUT2D eigenvalue weighted by Crippen LogP contribution is 2.39. The fourth-order valence-electron chi connectivity index (χ4n) is 1.81. The summed E-state index contributed by atoms with van der Waals surface area (Å²) in [5.74, 6) is 1.81. The molecular formula is C11H12N4. The van der Waals surface area contributed by atoms with Crippen molar-refractivity contribution < 1.29 is 0 Å². The van der Waals surface area contributed by atoms with E-state index in [1.165, 1.54) is 12.8 Å². The number of hydrogen-bond donors (Lipinski definition) is 2.